The minimum atomic E-state index is 0.735. The molecule has 5 aromatic rings. The Balaban J connectivity index is 1.60. The zero-order valence-corrected chi connectivity index (χ0v) is 20.5. The Morgan fingerprint density at radius 2 is 0.605 bits per heavy atom. The molecule has 6 nitrogen and oxygen atoms in total. The second-order valence-electron chi connectivity index (χ2n) is 8.24. The summed E-state index contributed by atoms with van der Waals surface area (Å²) in [5, 5.41) is 0. The van der Waals surface area contributed by atoms with Crippen molar-refractivity contribution < 1.29 is 0 Å². The van der Waals surface area contributed by atoms with Crippen LogP contribution in [0.2, 0.25) is 0 Å². The highest BCUT2D eigenvalue weighted by molar-refractivity contribution is 5.81. The third-order valence-corrected chi connectivity index (χ3v) is 5.48. The summed E-state index contributed by atoms with van der Waals surface area (Å²) in [4.78, 5) is 26.8. The molecule has 0 bridgehead atoms. The van der Waals surface area contributed by atoms with Gasteiger partial charge in [0.2, 0.25) is 0 Å². The number of nitrogens with zero attached hydrogens (tertiary/aromatic N) is 6. The summed E-state index contributed by atoms with van der Waals surface area (Å²) in [5.41, 5.74) is 6.84. The van der Waals surface area contributed by atoms with E-state index in [1.165, 1.54) is 0 Å². The number of aromatic nitrogens is 6. The fourth-order valence-electron chi connectivity index (χ4n) is 3.58. The van der Waals surface area contributed by atoms with Crippen molar-refractivity contribution >= 4 is 48.6 Å². The van der Waals surface area contributed by atoms with Crippen LogP contribution in [0.4, 0.5) is 0 Å². The molecule has 0 aromatic carbocycles. The highest BCUT2D eigenvalue weighted by Gasteiger charge is 2.08. The van der Waals surface area contributed by atoms with Crippen LogP contribution in [0, 0.1) is 0 Å². The molecule has 5 rings (SSSR count). The van der Waals surface area contributed by atoms with Crippen LogP contribution in [0.1, 0.15) is 45.0 Å². The van der Waals surface area contributed by atoms with E-state index < -0.39 is 0 Å². The summed E-state index contributed by atoms with van der Waals surface area (Å²) in [6, 6.07) is 15.6. The summed E-state index contributed by atoms with van der Waals surface area (Å²) in [6.07, 6.45) is 30.0. The first-order chi connectivity index (χ1) is 18.8. The van der Waals surface area contributed by atoms with Gasteiger partial charge < -0.3 is 0 Å². The van der Waals surface area contributed by atoms with Crippen LogP contribution in [-0.4, -0.2) is 29.9 Å². The standard InChI is InChI=1S/C32H24N6/c1-5-25(21-33-17-1)9-13-29-30(14-10-26-6-2-18-34-22-26)38-32(16-12-28-8-4-20-36-24-28)31(37-29)15-11-27-7-3-19-35-23-27/h1-24H. The van der Waals surface area contributed by atoms with Crippen LogP contribution in [0.15, 0.2) is 98.1 Å². The maximum atomic E-state index is 5.02. The molecule has 5 heterocycles. The molecular formula is C32H24N6. The monoisotopic (exact) mass is 492 g/mol. The molecule has 0 aliphatic carbocycles. The van der Waals surface area contributed by atoms with Gasteiger partial charge in [-0.2, -0.15) is 0 Å². The molecule has 0 atom stereocenters. The van der Waals surface area contributed by atoms with Gasteiger partial charge in [0.25, 0.3) is 0 Å². The maximum absolute atomic E-state index is 5.02. The van der Waals surface area contributed by atoms with E-state index in [4.69, 9.17) is 9.97 Å². The lowest BCUT2D eigenvalue weighted by molar-refractivity contribution is 1.12. The normalized spacial score (nSPS) is 11.8. The smallest absolute Gasteiger partial charge is 0.0894 e. The van der Waals surface area contributed by atoms with Gasteiger partial charge >= 0.3 is 0 Å². The second-order valence-corrected chi connectivity index (χ2v) is 8.24. The molecule has 0 unspecified atom stereocenters. The van der Waals surface area contributed by atoms with Crippen molar-refractivity contribution in [3.05, 3.63) is 143 Å². The molecule has 0 saturated heterocycles. The molecule has 0 N–H and O–H groups in total. The van der Waals surface area contributed by atoms with Crippen molar-refractivity contribution in [3.8, 4) is 0 Å². The molecule has 6 heteroatoms. The maximum Gasteiger partial charge on any atom is 0.0894 e. The summed E-state index contributed by atoms with van der Waals surface area (Å²) in [6.45, 7) is 0. The number of hydrogen-bond donors (Lipinski definition) is 0. The first kappa shape index (κ1) is 24.3. The highest BCUT2D eigenvalue weighted by Crippen LogP contribution is 2.20. The second kappa shape index (κ2) is 12.6. The molecule has 0 radical (unpaired) electrons. The van der Waals surface area contributed by atoms with Gasteiger partial charge in [0, 0.05) is 49.6 Å². The Labute approximate surface area is 221 Å². The number of hydrogen-bond acceptors (Lipinski definition) is 6. The van der Waals surface area contributed by atoms with Gasteiger partial charge in [-0.3, -0.25) is 19.9 Å². The van der Waals surface area contributed by atoms with E-state index >= 15 is 0 Å². The van der Waals surface area contributed by atoms with Crippen molar-refractivity contribution in [1.29, 1.82) is 0 Å². The third kappa shape index (κ3) is 6.86. The van der Waals surface area contributed by atoms with E-state index in [9.17, 15) is 0 Å². The molecule has 0 saturated carbocycles. The number of pyridine rings is 4. The van der Waals surface area contributed by atoms with E-state index in [0.29, 0.717) is 0 Å². The molecule has 0 fully saturated rings. The molecule has 38 heavy (non-hydrogen) atoms. The Kier molecular flexibility index (Phi) is 8.04. The topological polar surface area (TPSA) is 77.3 Å². The van der Waals surface area contributed by atoms with E-state index in [2.05, 4.69) is 19.9 Å². The van der Waals surface area contributed by atoms with Crippen molar-refractivity contribution in [2.75, 3.05) is 0 Å². The molecule has 0 amide bonds. The first-order valence-corrected chi connectivity index (χ1v) is 12.1. The molecular weight excluding hydrogens is 468 g/mol. The van der Waals surface area contributed by atoms with E-state index in [-0.39, 0.29) is 0 Å². The lowest BCUT2D eigenvalue weighted by Gasteiger charge is -2.07. The fraction of sp³-hybridized carbons (Fsp3) is 0. The average molecular weight is 493 g/mol. The zero-order chi connectivity index (χ0) is 25.8. The van der Waals surface area contributed by atoms with Crippen LogP contribution in [0.5, 0.6) is 0 Å². The lowest BCUT2D eigenvalue weighted by Crippen LogP contribution is -2.00. The molecule has 0 aliphatic rings. The molecule has 5 aromatic heterocycles. The van der Waals surface area contributed by atoms with Crippen molar-refractivity contribution in [2.24, 2.45) is 0 Å². The highest BCUT2D eigenvalue weighted by atomic mass is 14.8. The van der Waals surface area contributed by atoms with Crippen LogP contribution in [0.25, 0.3) is 48.6 Å². The van der Waals surface area contributed by atoms with Crippen molar-refractivity contribution in [2.45, 2.75) is 0 Å². The predicted molar refractivity (Wildman–Crippen MR) is 155 cm³/mol. The van der Waals surface area contributed by atoms with Gasteiger partial charge in [0.05, 0.1) is 22.8 Å². The van der Waals surface area contributed by atoms with Crippen LogP contribution in [0.3, 0.4) is 0 Å². The quantitative estimate of drug-likeness (QED) is 0.239. The molecule has 0 aliphatic heterocycles. The summed E-state index contributed by atoms with van der Waals surface area (Å²) >= 11 is 0. The van der Waals surface area contributed by atoms with Crippen molar-refractivity contribution in [3.63, 3.8) is 0 Å². The van der Waals surface area contributed by atoms with E-state index in [1.54, 1.807) is 24.8 Å². The average Bonchev–Trinajstić information content (AvgIpc) is 2.99. The lowest BCUT2D eigenvalue weighted by atomic mass is 10.1. The van der Waals surface area contributed by atoms with Gasteiger partial charge in [-0.15, -0.1) is 0 Å². The largest absolute Gasteiger partial charge is 0.264 e. The Bertz CT molecular complexity index is 1340. The number of rotatable bonds is 8. The van der Waals surface area contributed by atoms with E-state index in [0.717, 1.165) is 45.0 Å². The fourth-order valence-corrected chi connectivity index (χ4v) is 3.58. The first-order valence-electron chi connectivity index (χ1n) is 12.1. The Morgan fingerprint density at radius 3 is 0.816 bits per heavy atom. The molecule has 0 spiro atoms. The SMILES string of the molecule is C(=Cc1nc(C=Cc2cccnc2)c(C=Cc2cccnc2)nc1C=Cc1cccnc1)c1cccnc1. The Morgan fingerprint density at radius 1 is 0.342 bits per heavy atom. The summed E-state index contributed by atoms with van der Waals surface area (Å²) in [5.74, 6) is 0. The zero-order valence-electron chi connectivity index (χ0n) is 20.5. The van der Waals surface area contributed by atoms with Crippen LogP contribution >= 0.6 is 0 Å². The Hall–Kier alpha value is -5.36. The third-order valence-electron chi connectivity index (χ3n) is 5.48. The minimum absolute atomic E-state index is 0.735. The van der Waals surface area contributed by atoms with Crippen LogP contribution < -0.4 is 0 Å². The summed E-state index contributed by atoms with van der Waals surface area (Å²) in [7, 11) is 0. The predicted octanol–water partition coefficient (Wildman–Crippen LogP) is 6.74. The van der Waals surface area contributed by atoms with Crippen LogP contribution in [-0.2, 0) is 0 Å². The van der Waals surface area contributed by atoms with Crippen molar-refractivity contribution in [1.82, 2.24) is 29.9 Å². The minimum Gasteiger partial charge on any atom is -0.264 e. The van der Waals surface area contributed by atoms with E-state index in [1.807, 2.05) is 122 Å². The van der Waals surface area contributed by atoms with Gasteiger partial charge in [-0.1, -0.05) is 48.6 Å². The molecule has 182 valence electrons. The van der Waals surface area contributed by atoms with Gasteiger partial charge in [-0.05, 0) is 70.8 Å². The summed E-state index contributed by atoms with van der Waals surface area (Å²) < 4.78 is 0. The van der Waals surface area contributed by atoms with Gasteiger partial charge in [0.1, 0.15) is 0 Å². The van der Waals surface area contributed by atoms with Gasteiger partial charge in [0.15, 0.2) is 0 Å². The van der Waals surface area contributed by atoms with Gasteiger partial charge in [-0.25, -0.2) is 9.97 Å².